The van der Waals surface area contributed by atoms with Crippen molar-refractivity contribution in [3.05, 3.63) is 94.8 Å². The van der Waals surface area contributed by atoms with Crippen LogP contribution in [-0.4, -0.2) is 61.2 Å². The number of β-amino-alcohol motifs (C(OH)–C–C–N with tert-alkyl or cyclic N) is 1. The summed E-state index contributed by atoms with van der Waals surface area (Å²) in [5, 5.41) is 11.0. The van der Waals surface area contributed by atoms with Crippen LogP contribution in [0, 0.1) is 5.82 Å². The molecular weight excluding hydrogens is 443 g/mol. The molecule has 0 unspecified atom stereocenters. The van der Waals surface area contributed by atoms with Crippen molar-refractivity contribution in [2.75, 3.05) is 44.2 Å². The normalized spacial score (nSPS) is 15.3. The van der Waals surface area contributed by atoms with Gasteiger partial charge in [-0.25, -0.2) is 4.39 Å². The zero-order valence-corrected chi connectivity index (χ0v) is 18.9. The molecule has 1 heterocycles. The minimum absolute atomic E-state index is 0.0852. The van der Waals surface area contributed by atoms with E-state index in [4.69, 9.17) is 16.3 Å². The number of hydrogen-bond acceptors (Lipinski definition) is 5. The highest BCUT2D eigenvalue weighted by Crippen LogP contribution is 2.19. The maximum absolute atomic E-state index is 13.1. The number of halogens is 2. The summed E-state index contributed by atoms with van der Waals surface area (Å²) in [5.41, 5.74) is 2.14. The highest BCUT2D eigenvalue weighted by molar-refractivity contribution is 6.30. The molecule has 1 aliphatic rings. The molecule has 0 aromatic heterocycles. The maximum atomic E-state index is 13.1. The number of benzene rings is 3. The quantitative estimate of drug-likeness (QED) is 0.500. The molecule has 0 saturated carbocycles. The van der Waals surface area contributed by atoms with Gasteiger partial charge in [-0.1, -0.05) is 11.6 Å². The number of piperazine rings is 1. The molecule has 3 aromatic rings. The van der Waals surface area contributed by atoms with E-state index >= 15 is 0 Å². The van der Waals surface area contributed by atoms with Crippen LogP contribution in [0.15, 0.2) is 72.8 Å². The predicted molar refractivity (Wildman–Crippen MR) is 128 cm³/mol. The molecule has 4 rings (SSSR count). The predicted octanol–water partition coefficient (Wildman–Crippen LogP) is 4.27. The van der Waals surface area contributed by atoms with Crippen LogP contribution in [0.2, 0.25) is 5.02 Å². The number of hydrogen-bond donors (Lipinski definition) is 1. The second kappa shape index (κ2) is 10.8. The molecule has 0 spiro atoms. The maximum Gasteiger partial charge on any atom is 0.193 e. The molecule has 1 atom stereocenters. The zero-order valence-electron chi connectivity index (χ0n) is 18.2. The van der Waals surface area contributed by atoms with E-state index in [1.54, 1.807) is 60.7 Å². The SMILES string of the molecule is O=C(c1ccc(Cl)cc1)c1ccc(OC[C@H](O)CN2CCN(c3ccc(F)cc3)CC2)cc1. The van der Waals surface area contributed by atoms with Gasteiger partial charge in [-0.2, -0.15) is 0 Å². The Bertz CT molecular complexity index is 1050. The van der Waals surface area contributed by atoms with Crippen LogP contribution in [0.5, 0.6) is 5.75 Å². The summed E-state index contributed by atoms with van der Waals surface area (Å²) in [6, 6.07) is 20.2. The van der Waals surface area contributed by atoms with Crippen LogP contribution in [0.4, 0.5) is 10.1 Å². The van der Waals surface area contributed by atoms with Gasteiger partial charge in [-0.15, -0.1) is 0 Å². The first-order valence-electron chi connectivity index (χ1n) is 10.9. The fourth-order valence-electron chi connectivity index (χ4n) is 3.85. The van der Waals surface area contributed by atoms with Crippen molar-refractivity contribution in [2.45, 2.75) is 6.10 Å². The molecule has 0 radical (unpaired) electrons. The minimum Gasteiger partial charge on any atom is -0.491 e. The van der Waals surface area contributed by atoms with E-state index in [0.717, 1.165) is 31.9 Å². The van der Waals surface area contributed by atoms with Crippen molar-refractivity contribution in [3.8, 4) is 5.75 Å². The topological polar surface area (TPSA) is 53.0 Å². The van der Waals surface area contributed by atoms with Gasteiger partial charge in [-0.05, 0) is 72.8 Å². The number of carbonyl (C=O) groups excluding carboxylic acids is 1. The molecular formula is C26H26ClFN2O3. The molecule has 172 valence electrons. The number of anilines is 1. The molecule has 3 aromatic carbocycles. The molecule has 5 nitrogen and oxygen atoms in total. The Morgan fingerprint density at radius 3 is 2.09 bits per heavy atom. The van der Waals surface area contributed by atoms with Crippen molar-refractivity contribution in [1.82, 2.24) is 4.90 Å². The summed E-state index contributed by atoms with van der Waals surface area (Å²) in [5.74, 6) is 0.282. The smallest absolute Gasteiger partial charge is 0.193 e. The largest absolute Gasteiger partial charge is 0.491 e. The first kappa shape index (κ1) is 23.2. The third-order valence-electron chi connectivity index (χ3n) is 5.70. The van der Waals surface area contributed by atoms with E-state index in [2.05, 4.69) is 9.80 Å². The van der Waals surface area contributed by atoms with Gasteiger partial charge in [0.15, 0.2) is 5.78 Å². The van der Waals surface area contributed by atoms with Crippen LogP contribution in [0.3, 0.4) is 0 Å². The Kier molecular flexibility index (Phi) is 7.60. The van der Waals surface area contributed by atoms with E-state index in [1.165, 1.54) is 12.1 Å². The minimum atomic E-state index is -0.627. The monoisotopic (exact) mass is 468 g/mol. The summed E-state index contributed by atoms with van der Waals surface area (Å²) >= 11 is 5.88. The van der Waals surface area contributed by atoms with Gasteiger partial charge in [0.05, 0.1) is 0 Å². The number of aliphatic hydroxyl groups is 1. The average Bonchev–Trinajstić information content (AvgIpc) is 2.84. The number of rotatable bonds is 8. The van der Waals surface area contributed by atoms with Crippen LogP contribution in [-0.2, 0) is 0 Å². The second-order valence-electron chi connectivity index (χ2n) is 8.09. The Balaban J connectivity index is 1.21. The Morgan fingerprint density at radius 1 is 0.909 bits per heavy atom. The molecule has 1 saturated heterocycles. The van der Waals surface area contributed by atoms with E-state index in [-0.39, 0.29) is 18.2 Å². The fraction of sp³-hybridized carbons (Fsp3) is 0.269. The second-order valence-corrected chi connectivity index (χ2v) is 8.53. The van der Waals surface area contributed by atoms with Crippen molar-refractivity contribution in [2.24, 2.45) is 0 Å². The van der Waals surface area contributed by atoms with Gasteiger partial charge in [0.25, 0.3) is 0 Å². The lowest BCUT2D eigenvalue weighted by Gasteiger charge is -2.36. The number of aliphatic hydroxyl groups excluding tert-OH is 1. The molecule has 1 N–H and O–H groups in total. The van der Waals surface area contributed by atoms with Gasteiger partial charge >= 0.3 is 0 Å². The van der Waals surface area contributed by atoms with Gasteiger partial charge in [0.1, 0.15) is 24.3 Å². The molecule has 33 heavy (non-hydrogen) atoms. The van der Waals surface area contributed by atoms with E-state index in [0.29, 0.717) is 28.4 Å². The highest BCUT2D eigenvalue weighted by atomic mass is 35.5. The van der Waals surface area contributed by atoms with Gasteiger partial charge in [-0.3, -0.25) is 9.69 Å². The van der Waals surface area contributed by atoms with E-state index in [1.807, 2.05) is 0 Å². The van der Waals surface area contributed by atoms with Crippen molar-refractivity contribution >= 4 is 23.1 Å². The Morgan fingerprint density at radius 2 is 1.48 bits per heavy atom. The lowest BCUT2D eigenvalue weighted by molar-refractivity contribution is 0.0663. The average molecular weight is 469 g/mol. The number of nitrogens with zero attached hydrogens (tertiary/aromatic N) is 2. The van der Waals surface area contributed by atoms with Crippen molar-refractivity contribution < 1.29 is 19.0 Å². The molecule has 1 aliphatic heterocycles. The third kappa shape index (κ3) is 6.32. The lowest BCUT2D eigenvalue weighted by atomic mass is 10.0. The Labute approximate surface area is 198 Å². The summed E-state index contributed by atoms with van der Waals surface area (Å²) < 4.78 is 18.8. The first-order valence-corrected chi connectivity index (χ1v) is 11.3. The summed E-state index contributed by atoms with van der Waals surface area (Å²) in [6.07, 6.45) is -0.627. The fourth-order valence-corrected chi connectivity index (χ4v) is 3.98. The lowest BCUT2D eigenvalue weighted by Crippen LogP contribution is -2.49. The third-order valence-corrected chi connectivity index (χ3v) is 5.95. The standard InChI is InChI=1S/C26H26ClFN2O3/c27-21-5-1-19(2-6-21)26(32)20-3-11-25(12-4-20)33-18-24(31)17-29-13-15-30(16-14-29)23-9-7-22(28)8-10-23/h1-12,24,31H,13-18H2/t24-/m1/s1. The van der Waals surface area contributed by atoms with Crippen LogP contribution >= 0.6 is 11.6 Å². The molecule has 1 fully saturated rings. The van der Waals surface area contributed by atoms with Gasteiger partial charge in [0.2, 0.25) is 0 Å². The summed E-state index contributed by atoms with van der Waals surface area (Å²) in [6.45, 7) is 3.96. The van der Waals surface area contributed by atoms with Gasteiger partial charge < -0.3 is 14.7 Å². The number of carbonyl (C=O) groups is 1. The number of ketones is 1. The zero-order chi connectivity index (χ0) is 23.2. The molecule has 0 bridgehead atoms. The van der Waals surface area contributed by atoms with Crippen molar-refractivity contribution in [3.63, 3.8) is 0 Å². The van der Waals surface area contributed by atoms with E-state index in [9.17, 15) is 14.3 Å². The van der Waals surface area contributed by atoms with Crippen molar-refractivity contribution in [1.29, 1.82) is 0 Å². The van der Waals surface area contributed by atoms with E-state index < -0.39 is 6.10 Å². The van der Waals surface area contributed by atoms with Crippen LogP contribution in [0.1, 0.15) is 15.9 Å². The highest BCUT2D eigenvalue weighted by Gasteiger charge is 2.20. The summed E-state index contributed by atoms with van der Waals surface area (Å²) in [4.78, 5) is 16.9. The molecule has 0 aliphatic carbocycles. The first-order chi connectivity index (χ1) is 16.0. The van der Waals surface area contributed by atoms with Gasteiger partial charge in [0, 0.05) is 54.6 Å². The van der Waals surface area contributed by atoms with Crippen LogP contribution in [0.25, 0.3) is 0 Å². The summed E-state index contributed by atoms with van der Waals surface area (Å²) in [7, 11) is 0. The van der Waals surface area contributed by atoms with Crippen LogP contribution < -0.4 is 9.64 Å². The molecule has 0 amide bonds. The Hall–Kier alpha value is -2.93. The number of ether oxygens (including phenoxy) is 1. The molecule has 7 heteroatoms.